The highest BCUT2D eigenvalue weighted by molar-refractivity contribution is 6.05. The SMILES string of the molecule is COc1ccccc1CC(=O)N1CCCc2ncc(C(=O)Nc3ccccc3)cc21. The molecule has 0 aliphatic carbocycles. The molecule has 0 saturated carbocycles. The zero-order valence-electron chi connectivity index (χ0n) is 16.8. The van der Waals surface area contributed by atoms with E-state index in [4.69, 9.17) is 4.74 Å². The third kappa shape index (κ3) is 4.17. The molecule has 1 aromatic heterocycles. The zero-order chi connectivity index (χ0) is 20.9. The number of carbonyl (C=O) groups excluding carboxylic acids is 2. The van der Waals surface area contributed by atoms with Gasteiger partial charge >= 0.3 is 0 Å². The van der Waals surface area contributed by atoms with Crippen molar-refractivity contribution < 1.29 is 14.3 Å². The third-order valence-corrected chi connectivity index (χ3v) is 5.16. The van der Waals surface area contributed by atoms with E-state index in [0.29, 0.717) is 29.2 Å². The van der Waals surface area contributed by atoms with E-state index < -0.39 is 0 Å². The molecule has 2 heterocycles. The van der Waals surface area contributed by atoms with Crippen LogP contribution in [-0.2, 0) is 17.6 Å². The zero-order valence-corrected chi connectivity index (χ0v) is 16.8. The number of aromatic nitrogens is 1. The summed E-state index contributed by atoms with van der Waals surface area (Å²) in [6.45, 7) is 0.604. The number of benzene rings is 2. The lowest BCUT2D eigenvalue weighted by atomic mass is 10.0. The Hall–Kier alpha value is -3.67. The molecule has 152 valence electrons. The van der Waals surface area contributed by atoms with E-state index in [9.17, 15) is 9.59 Å². The Balaban J connectivity index is 1.57. The number of amides is 2. The van der Waals surface area contributed by atoms with E-state index in [0.717, 1.165) is 24.1 Å². The van der Waals surface area contributed by atoms with Gasteiger partial charge in [0.2, 0.25) is 5.91 Å². The van der Waals surface area contributed by atoms with Crippen molar-refractivity contribution in [1.29, 1.82) is 0 Å². The molecule has 0 radical (unpaired) electrons. The number of carbonyl (C=O) groups is 2. The summed E-state index contributed by atoms with van der Waals surface area (Å²) in [5.41, 5.74) is 3.52. The molecule has 30 heavy (non-hydrogen) atoms. The highest BCUT2D eigenvalue weighted by Gasteiger charge is 2.25. The lowest BCUT2D eigenvalue weighted by Crippen LogP contribution is -2.37. The molecule has 2 aromatic carbocycles. The maximum Gasteiger partial charge on any atom is 0.257 e. The molecule has 0 bridgehead atoms. The van der Waals surface area contributed by atoms with Crippen LogP contribution in [0.5, 0.6) is 5.75 Å². The van der Waals surface area contributed by atoms with Gasteiger partial charge in [-0.05, 0) is 37.1 Å². The number of pyridine rings is 1. The van der Waals surface area contributed by atoms with Crippen LogP contribution in [0.3, 0.4) is 0 Å². The Morgan fingerprint density at radius 2 is 1.87 bits per heavy atom. The summed E-state index contributed by atoms with van der Waals surface area (Å²) in [5, 5.41) is 2.87. The van der Waals surface area contributed by atoms with Gasteiger partial charge in [-0.2, -0.15) is 0 Å². The van der Waals surface area contributed by atoms with Gasteiger partial charge in [-0.1, -0.05) is 36.4 Å². The van der Waals surface area contributed by atoms with Crippen molar-refractivity contribution in [1.82, 2.24) is 4.98 Å². The van der Waals surface area contributed by atoms with Gasteiger partial charge < -0.3 is 15.0 Å². The van der Waals surface area contributed by atoms with E-state index >= 15 is 0 Å². The molecule has 1 N–H and O–H groups in total. The van der Waals surface area contributed by atoms with Gasteiger partial charge in [0.15, 0.2) is 0 Å². The largest absolute Gasteiger partial charge is 0.496 e. The quantitative estimate of drug-likeness (QED) is 0.705. The van der Waals surface area contributed by atoms with E-state index in [2.05, 4.69) is 10.3 Å². The molecule has 0 saturated heterocycles. The van der Waals surface area contributed by atoms with Crippen molar-refractivity contribution in [3.63, 3.8) is 0 Å². The summed E-state index contributed by atoms with van der Waals surface area (Å²) in [5.74, 6) is 0.402. The fourth-order valence-corrected chi connectivity index (χ4v) is 3.65. The minimum Gasteiger partial charge on any atom is -0.496 e. The van der Waals surface area contributed by atoms with Gasteiger partial charge in [0.05, 0.1) is 30.5 Å². The lowest BCUT2D eigenvalue weighted by Gasteiger charge is -2.29. The number of aryl methyl sites for hydroxylation is 1. The van der Waals surface area contributed by atoms with Crippen molar-refractivity contribution in [2.24, 2.45) is 0 Å². The van der Waals surface area contributed by atoms with Crippen LogP contribution in [0.2, 0.25) is 0 Å². The number of para-hydroxylation sites is 2. The molecule has 0 unspecified atom stereocenters. The first-order valence-corrected chi connectivity index (χ1v) is 9.93. The van der Waals surface area contributed by atoms with Gasteiger partial charge in [0, 0.05) is 24.0 Å². The highest BCUT2D eigenvalue weighted by atomic mass is 16.5. The number of nitrogens with zero attached hydrogens (tertiary/aromatic N) is 2. The number of methoxy groups -OCH3 is 1. The second kappa shape index (κ2) is 8.78. The van der Waals surface area contributed by atoms with Crippen LogP contribution < -0.4 is 15.0 Å². The van der Waals surface area contributed by atoms with Crippen LogP contribution in [0.1, 0.15) is 28.0 Å². The molecular formula is C24H23N3O3. The maximum absolute atomic E-state index is 13.1. The first kappa shape index (κ1) is 19.6. The number of hydrogen-bond donors (Lipinski definition) is 1. The monoisotopic (exact) mass is 401 g/mol. The predicted molar refractivity (Wildman–Crippen MR) is 116 cm³/mol. The summed E-state index contributed by atoms with van der Waals surface area (Å²) < 4.78 is 5.37. The number of anilines is 2. The van der Waals surface area contributed by atoms with Gasteiger partial charge in [0.1, 0.15) is 5.75 Å². The van der Waals surface area contributed by atoms with E-state index in [1.165, 1.54) is 0 Å². The van der Waals surface area contributed by atoms with Crippen LogP contribution in [0.4, 0.5) is 11.4 Å². The van der Waals surface area contributed by atoms with Crippen LogP contribution in [0, 0.1) is 0 Å². The molecule has 0 atom stereocenters. The van der Waals surface area contributed by atoms with Crippen LogP contribution in [0.15, 0.2) is 66.9 Å². The second-order valence-electron chi connectivity index (χ2n) is 7.15. The van der Waals surface area contributed by atoms with Crippen LogP contribution in [0.25, 0.3) is 0 Å². The Labute approximate surface area is 175 Å². The first-order chi connectivity index (χ1) is 14.7. The third-order valence-electron chi connectivity index (χ3n) is 5.16. The predicted octanol–water partition coefficient (Wildman–Crippen LogP) is 3.86. The average molecular weight is 401 g/mol. The normalized spacial score (nSPS) is 12.8. The highest BCUT2D eigenvalue weighted by Crippen LogP contribution is 2.28. The summed E-state index contributed by atoms with van der Waals surface area (Å²) in [7, 11) is 1.60. The average Bonchev–Trinajstić information content (AvgIpc) is 2.79. The van der Waals surface area contributed by atoms with Crippen molar-refractivity contribution in [2.75, 3.05) is 23.9 Å². The van der Waals surface area contributed by atoms with Crippen molar-refractivity contribution in [2.45, 2.75) is 19.3 Å². The Bertz CT molecular complexity index is 1070. The van der Waals surface area contributed by atoms with Gasteiger partial charge in [-0.15, -0.1) is 0 Å². The smallest absolute Gasteiger partial charge is 0.257 e. The fraction of sp³-hybridized carbons (Fsp3) is 0.208. The summed E-state index contributed by atoms with van der Waals surface area (Å²) in [6, 6.07) is 18.5. The number of ether oxygens (including phenoxy) is 1. The molecular weight excluding hydrogens is 378 g/mol. The number of nitrogens with one attached hydrogen (secondary N) is 1. The standard InChI is InChI=1S/C24H23N3O3/c1-30-22-12-6-5-8-17(22)15-23(28)27-13-7-11-20-21(27)14-18(16-25-20)24(29)26-19-9-3-2-4-10-19/h2-6,8-10,12,14,16H,7,11,13,15H2,1H3,(H,26,29). The van der Waals surface area contributed by atoms with Crippen LogP contribution in [-0.4, -0.2) is 30.5 Å². The molecule has 1 aliphatic rings. The molecule has 0 fully saturated rings. The topological polar surface area (TPSA) is 71.5 Å². The van der Waals surface area contributed by atoms with E-state index in [-0.39, 0.29) is 18.2 Å². The summed E-state index contributed by atoms with van der Waals surface area (Å²) >= 11 is 0. The summed E-state index contributed by atoms with van der Waals surface area (Å²) in [6.07, 6.45) is 3.43. The molecule has 0 spiro atoms. The van der Waals surface area contributed by atoms with Crippen molar-refractivity contribution in [3.8, 4) is 5.75 Å². The molecule has 6 nitrogen and oxygen atoms in total. The Morgan fingerprint density at radius 1 is 1.10 bits per heavy atom. The Morgan fingerprint density at radius 3 is 2.67 bits per heavy atom. The van der Waals surface area contributed by atoms with Gasteiger partial charge in [-0.25, -0.2) is 0 Å². The molecule has 3 aromatic rings. The van der Waals surface area contributed by atoms with Crippen molar-refractivity contribution in [3.05, 3.63) is 83.7 Å². The maximum atomic E-state index is 13.1. The van der Waals surface area contributed by atoms with Gasteiger partial charge in [0.25, 0.3) is 5.91 Å². The van der Waals surface area contributed by atoms with Gasteiger partial charge in [-0.3, -0.25) is 14.6 Å². The Kier molecular flexibility index (Phi) is 5.75. The molecule has 2 amide bonds. The second-order valence-corrected chi connectivity index (χ2v) is 7.15. The fourth-order valence-electron chi connectivity index (χ4n) is 3.65. The lowest BCUT2D eigenvalue weighted by molar-refractivity contribution is -0.118. The minimum atomic E-state index is -0.251. The first-order valence-electron chi connectivity index (χ1n) is 9.93. The molecule has 6 heteroatoms. The summed E-state index contributed by atoms with van der Waals surface area (Å²) in [4.78, 5) is 32.0. The van der Waals surface area contributed by atoms with Crippen LogP contribution >= 0.6 is 0 Å². The number of rotatable bonds is 5. The molecule has 4 rings (SSSR count). The number of hydrogen-bond acceptors (Lipinski definition) is 4. The van der Waals surface area contributed by atoms with E-state index in [1.807, 2.05) is 54.6 Å². The number of fused-ring (bicyclic) bond motifs is 1. The minimum absolute atomic E-state index is 0.0390. The van der Waals surface area contributed by atoms with E-state index in [1.54, 1.807) is 24.3 Å². The van der Waals surface area contributed by atoms with Crippen molar-refractivity contribution >= 4 is 23.2 Å². The molecule has 1 aliphatic heterocycles.